The van der Waals surface area contributed by atoms with E-state index in [4.69, 9.17) is 9.47 Å². The lowest BCUT2D eigenvalue weighted by molar-refractivity contribution is -0.297. The number of unbranched alkanes of at least 4 members (excludes halogenated alkanes) is 5. The Morgan fingerprint density at radius 2 is 1.50 bits per heavy atom. The van der Waals surface area contributed by atoms with Gasteiger partial charge in [-0.15, -0.1) is 0 Å². The maximum atomic E-state index is 11.0. The van der Waals surface area contributed by atoms with Crippen LogP contribution >= 0.6 is 11.8 Å². The molecular weight excluding hydrogens is 526 g/mol. The molecule has 212 valence electrons. The van der Waals surface area contributed by atoms with E-state index in [9.17, 15) is 19.8 Å². The van der Waals surface area contributed by atoms with Gasteiger partial charge in [-0.1, -0.05) is 62.1 Å². The van der Waals surface area contributed by atoms with Crippen molar-refractivity contribution in [2.24, 2.45) is 0 Å². The van der Waals surface area contributed by atoms with E-state index in [1.165, 1.54) is 43.0 Å². The van der Waals surface area contributed by atoms with E-state index in [1.54, 1.807) is 31.0 Å². The number of rotatable bonds is 18. The van der Waals surface area contributed by atoms with E-state index in [1.807, 2.05) is 24.3 Å². The minimum absolute atomic E-state index is 0.149. The molecule has 0 fully saturated rings. The maximum Gasteiger partial charge on any atom is 0.144 e. The molecule has 0 aliphatic heterocycles. The Labute approximate surface area is 240 Å². The summed E-state index contributed by atoms with van der Waals surface area (Å²) in [7, 11) is 1.68. The molecule has 0 N–H and O–H groups in total. The number of hydrogen-bond acceptors (Lipinski definition) is 8. The smallest absolute Gasteiger partial charge is 0.144 e. The van der Waals surface area contributed by atoms with Crippen LogP contribution in [0.2, 0.25) is 0 Å². The standard InChI is InChI=1S/C32H37NO6S/c1-38-28-16-11-24(12-17-28)8-6-4-2-3-5-7-21-39-30-19-15-27(33-29(30)18-20-31(34)35)23-40-22-25-9-13-26(14-10-25)32(36)37/h9-20H,2-8,21-23H2,1H3,(H,34,35)(H,36,37)/p-2/b20-18+. The SMILES string of the molecule is COc1ccc(CCCCCCCCOc2ccc(CSCc3ccc(C(=O)[O-])cc3)nc2/C=C/C(=O)[O-])cc1. The first-order valence-electron chi connectivity index (χ1n) is 13.5. The number of hydrogen-bond donors (Lipinski definition) is 0. The fraction of sp³-hybridized carbons (Fsp3) is 0.344. The summed E-state index contributed by atoms with van der Waals surface area (Å²) < 4.78 is 11.1. The molecule has 0 aliphatic carbocycles. The second-order valence-electron chi connectivity index (χ2n) is 9.38. The summed E-state index contributed by atoms with van der Waals surface area (Å²) in [5.74, 6) is 0.227. The number of methoxy groups -OCH3 is 1. The lowest BCUT2D eigenvalue weighted by atomic mass is 10.0. The van der Waals surface area contributed by atoms with Crippen molar-refractivity contribution >= 4 is 29.8 Å². The molecule has 40 heavy (non-hydrogen) atoms. The molecule has 1 aromatic heterocycles. The number of ether oxygens (including phenoxy) is 2. The minimum Gasteiger partial charge on any atom is -0.545 e. The van der Waals surface area contributed by atoms with Crippen LogP contribution in [0.1, 0.15) is 71.4 Å². The van der Waals surface area contributed by atoms with Crippen LogP contribution in [0.5, 0.6) is 11.5 Å². The van der Waals surface area contributed by atoms with E-state index in [2.05, 4.69) is 17.1 Å². The van der Waals surface area contributed by atoms with Crippen molar-refractivity contribution in [3.63, 3.8) is 0 Å². The van der Waals surface area contributed by atoms with Crippen LogP contribution < -0.4 is 19.7 Å². The third-order valence-corrected chi connectivity index (χ3v) is 7.34. The zero-order chi connectivity index (χ0) is 28.6. The molecular formula is C32H35NO6S-2. The highest BCUT2D eigenvalue weighted by atomic mass is 32.2. The summed E-state index contributed by atoms with van der Waals surface area (Å²) in [6, 6.07) is 18.5. The van der Waals surface area contributed by atoms with Gasteiger partial charge in [-0.25, -0.2) is 4.98 Å². The second-order valence-corrected chi connectivity index (χ2v) is 10.4. The molecule has 0 radical (unpaired) electrons. The van der Waals surface area contributed by atoms with Crippen LogP contribution in [0, 0.1) is 0 Å². The molecule has 0 aliphatic rings. The molecule has 0 bridgehead atoms. The number of nitrogens with zero attached hydrogens (tertiary/aromatic N) is 1. The van der Waals surface area contributed by atoms with Gasteiger partial charge in [0.25, 0.3) is 0 Å². The molecule has 0 saturated carbocycles. The lowest BCUT2D eigenvalue weighted by Gasteiger charge is -2.11. The molecule has 2 aromatic carbocycles. The van der Waals surface area contributed by atoms with Gasteiger partial charge in [-0.2, -0.15) is 11.8 Å². The van der Waals surface area contributed by atoms with Crippen molar-refractivity contribution in [1.29, 1.82) is 0 Å². The monoisotopic (exact) mass is 561 g/mol. The van der Waals surface area contributed by atoms with Crippen molar-refractivity contribution in [1.82, 2.24) is 4.98 Å². The summed E-state index contributed by atoms with van der Waals surface area (Å²) >= 11 is 1.62. The second kappa shape index (κ2) is 17.0. The molecule has 3 rings (SSSR count). The van der Waals surface area contributed by atoms with Crippen molar-refractivity contribution in [3.05, 3.63) is 94.8 Å². The molecule has 0 atom stereocenters. The molecule has 3 aromatic rings. The largest absolute Gasteiger partial charge is 0.545 e. The maximum absolute atomic E-state index is 11.0. The number of carbonyl (C=O) groups excluding carboxylic acids is 2. The summed E-state index contributed by atoms with van der Waals surface area (Å²) in [5, 5.41) is 21.8. The average Bonchev–Trinajstić information content (AvgIpc) is 2.96. The van der Waals surface area contributed by atoms with Gasteiger partial charge in [-0.05, 0) is 72.4 Å². The third-order valence-electron chi connectivity index (χ3n) is 6.31. The van der Waals surface area contributed by atoms with Gasteiger partial charge in [-0.3, -0.25) is 0 Å². The Kier molecular flexibility index (Phi) is 13.1. The van der Waals surface area contributed by atoms with Crippen molar-refractivity contribution in [2.45, 2.75) is 56.5 Å². The zero-order valence-corrected chi connectivity index (χ0v) is 23.6. The summed E-state index contributed by atoms with van der Waals surface area (Å²) in [4.78, 5) is 26.4. The van der Waals surface area contributed by atoms with Crippen LogP contribution in [0.25, 0.3) is 6.08 Å². The average molecular weight is 562 g/mol. The molecule has 0 unspecified atom stereocenters. The van der Waals surface area contributed by atoms with Crippen molar-refractivity contribution in [3.8, 4) is 11.5 Å². The molecule has 7 nitrogen and oxygen atoms in total. The predicted molar refractivity (Wildman–Crippen MR) is 154 cm³/mol. The van der Waals surface area contributed by atoms with Crippen LogP contribution in [-0.4, -0.2) is 30.6 Å². The van der Waals surface area contributed by atoms with Gasteiger partial charge < -0.3 is 29.3 Å². The van der Waals surface area contributed by atoms with Crippen molar-refractivity contribution in [2.75, 3.05) is 13.7 Å². The summed E-state index contributed by atoms with van der Waals surface area (Å²) in [5.41, 5.74) is 3.72. The van der Waals surface area contributed by atoms with E-state index in [-0.39, 0.29) is 5.56 Å². The Bertz CT molecular complexity index is 1240. The third kappa shape index (κ3) is 11.1. The van der Waals surface area contributed by atoms with Gasteiger partial charge >= 0.3 is 0 Å². The molecule has 8 heteroatoms. The Morgan fingerprint density at radius 1 is 0.825 bits per heavy atom. The van der Waals surface area contributed by atoms with Crippen molar-refractivity contribution < 1.29 is 29.3 Å². The number of carbonyl (C=O) groups is 2. The minimum atomic E-state index is -1.29. The fourth-order valence-corrected chi connectivity index (χ4v) is 5.00. The zero-order valence-electron chi connectivity index (χ0n) is 22.8. The highest BCUT2D eigenvalue weighted by Gasteiger charge is 2.06. The van der Waals surface area contributed by atoms with Crippen LogP contribution in [-0.2, 0) is 22.7 Å². The molecule has 0 spiro atoms. The van der Waals surface area contributed by atoms with Crippen LogP contribution in [0.4, 0.5) is 0 Å². The Balaban J connectivity index is 1.38. The molecule has 0 saturated heterocycles. The number of aromatic carboxylic acids is 1. The van der Waals surface area contributed by atoms with Gasteiger partial charge in [0.1, 0.15) is 17.2 Å². The fourth-order valence-electron chi connectivity index (χ4n) is 4.10. The Hall–Kier alpha value is -3.78. The van der Waals surface area contributed by atoms with E-state index in [0.29, 0.717) is 29.6 Å². The number of benzene rings is 2. The normalized spacial score (nSPS) is 11.0. The van der Waals surface area contributed by atoms with Gasteiger partial charge in [0.2, 0.25) is 0 Å². The van der Waals surface area contributed by atoms with Gasteiger partial charge in [0, 0.05) is 11.5 Å². The summed E-state index contributed by atoms with van der Waals surface area (Å²) in [6.07, 6.45) is 10.1. The van der Waals surface area contributed by atoms with Crippen LogP contribution in [0.3, 0.4) is 0 Å². The van der Waals surface area contributed by atoms with E-state index < -0.39 is 11.9 Å². The highest BCUT2D eigenvalue weighted by Crippen LogP contribution is 2.23. The number of thioether (sulfide) groups is 1. The number of carboxylic acid groups (broad SMARTS) is 2. The summed E-state index contributed by atoms with van der Waals surface area (Å²) in [6.45, 7) is 0.537. The molecule has 0 amide bonds. The molecule has 1 heterocycles. The Morgan fingerprint density at radius 3 is 2.17 bits per heavy atom. The van der Waals surface area contributed by atoms with Gasteiger partial charge in [0.15, 0.2) is 0 Å². The number of aryl methyl sites for hydroxylation is 1. The first-order chi connectivity index (χ1) is 19.4. The highest BCUT2D eigenvalue weighted by molar-refractivity contribution is 7.97. The number of aliphatic carboxylic acids is 1. The first kappa shape index (κ1) is 30.8. The first-order valence-corrected chi connectivity index (χ1v) is 14.6. The number of aromatic nitrogens is 1. The van der Waals surface area contributed by atoms with E-state index in [0.717, 1.165) is 48.8 Å². The lowest BCUT2D eigenvalue weighted by Crippen LogP contribution is -2.21. The van der Waals surface area contributed by atoms with Crippen LogP contribution in [0.15, 0.2) is 66.7 Å². The predicted octanol–water partition coefficient (Wildman–Crippen LogP) is 4.61. The quantitative estimate of drug-likeness (QED) is 0.164. The van der Waals surface area contributed by atoms with Gasteiger partial charge in [0.05, 0.1) is 31.3 Å². The van der Waals surface area contributed by atoms with E-state index >= 15 is 0 Å². The topological polar surface area (TPSA) is 112 Å². The number of carboxylic acids is 2. The number of pyridine rings is 1.